The molecule has 23 heteroatoms. The number of ether oxygens (including phenoxy) is 1. The average molecular weight is 2040 g/mol. The van der Waals surface area contributed by atoms with E-state index in [-0.39, 0.29) is 96.7 Å². The van der Waals surface area contributed by atoms with E-state index in [0.29, 0.717) is 65.5 Å². The molecule has 0 aliphatic carbocycles. The molecule has 0 fully saturated rings. The third kappa shape index (κ3) is 27.1. The molecule has 0 amide bonds. The normalized spacial score (nSPS) is 14.3. The van der Waals surface area contributed by atoms with Crippen LogP contribution in [0.5, 0.6) is 11.5 Å². The largest absolute Gasteiger partial charge is 0.664 e. The number of oxazole rings is 1. The van der Waals surface area contributed by atoms with E-state index in [1.807, 2.05) is 99.8 Å². The first-order valence-electron chi connectivity index (χ1n) is 35.9. The van der Waals surface area contributed by atoms with E-state index in [0.717, 1.165) is 111 Å². The monoisotopic (exact) mass is 2040 g/mol. The van der Waals surface area contributed by atoms with Crippen LogP contribution in [0.3, 0.4) is 0 Å². The molecule has 4 aromatic carbocycles. The minimum Gasteiger partial charge on any atom is -0.664 e. The molecule has 4 atom stereocenters. The first-order chi connectivity index (χ1) is 48.9. The van der Waals surface area contributed by atoms with Crippen LogP contribution in [0.1, 0.15) is 224 Å². The van der Waals surface area contributed by atoms with Crippen LogP contribution in [0.25, 0.3) is 45.0 Å². The van der Waals surface area contributed by atoms with Gasteiger partial charge in [-0.3, -0.25) is 19.7 Å². The van der Waals surface area contributed by atoms with Gasteiger partial charge >= 0.3 is 12.4 Å². The van der Waals surface area contributed by atoms with Gasteiger partial charge in [-0.15, -0.1) is 17.4 Å². The fraction of sp³-hybridized carbons (Fsp3) is 0.424. The van der Waals surface area contributed by atoms with Gasteiger partial charge in [0.1, 0.15) is 22.8 Å². The maximum atomic E-state index is 12.3. The summed E-state index contributed by atoms with van der Waals surface area (Å²) in [6.07, 6.45) is 5.04. The van der Waals surface area contributed by atoms with Gasteiger partial charge in [0.15, 0.2) is 12.0 Å². The van der Waals surface area contributed by atoms with E-state index in [9.17, 15) is 36.2 Å². The fourth-order valence-corrected chi connectivity index (χ4v) is 13.0. The van der Waals surface area contributed by atoms with Crippen LogP contribution in [0.2, 0.25) is 0 Å². The summed E-state index contributed by atoms with van der Waals surface area (Å²) < 4.78 is 85.1. The number of carbonyl (C=O) groups excluding carboxylic acids is 1. The van der Waals surface area contributed by atoms with Gasteiger partial charge in [-0.05, 0) is 191 Å². The first-order valence-corrected chi connectivity index (χ1v) is 36.7. The Labute approximate surface area is 693 Å². The van der Waals surface area contributed by atoms with Gasteiger partial charge < -0.3 is 35.0 Å². The van der Waals surface area contributed by atoms with Crippen molar-refractivity contribution in [3.8, 4) is 22.6 Å². The number of thioether (sulfide) groups is 1. The van der Waals surface area contributed by atoms with Gasteiger partial charge in [0, 0.05) is 128 Å². The SMILES string of the molecule is CC(C)(C)Cc1ccc(CC(=O)C(C)(C)C)[n-]1.CCC(C)c1cc(-c2cc(C(C)CCC(C)C)ccc2O)c2ncoc2c1.CCC(c1ccc2c(c1)OC(=Cc1ccccn1)[N-]2)C(C)C.CCC(c1ccc2c(c1)SC(=Cc1ccccn1)[N-]2)C(C)C.OC(c1ccccn1)(C(F)(F)F)C(F)(F)F.[Ir].[Ir].[Pd].[Rh]. The molecule has 7 heterocycles. The zero-order valence-corrected chi connectivity index (χ0v) is 73.2. The van der Waals surface area contributed by atoms with Crippen molar-refractivity contribution in [3.05, 3.63) is 231 Å². The number of benzene rings is 4. The van der Waals surface area contributed by atoms with Crippen molar-refractivity contribution in [3.63, 3.8) is 0 Å². The number of ketones is 1. The Morgan fingerprint density at radius 3 is 1.65 bits per heavy atom. The Hall–Kier alpha value is -6.10. The molecule has 2 N–H and O–H groups in total. The van der Waals surface area contributed by atoms with Crippen molar-refractivity contribution in [2.24, 2.45) is 28.6 Å². The van der Waals surface area contributed by atoms with E-state index < -0.39 is 23.6 Å². The third-order valence-electron chi connectivity index (χ3n) is 18.3. The number of hydrogen-bond donors (Lipinski definition) is 2. The molecule has 0 spiro atoms. The van der Waals surface area contributed by atoms with Gasteiger partial charge in [-0.25, -0.2) is 4.98 Å². The number of nitrogens with zero attached hydrogens (tertiary/aromatic N) is 7. The summed E-state index contributed by atoms with van der Waals surface area (Å²) in [6, 6.07) is 41.5. The summed E-state index contributed by atoms with van der Waals surface area (Å²) >= 11 is 1.74. The molecule has 3 radical (unpaired) electrons. The van der Waals surface area contributed by atoms with Crippen molar-refractivity contribution in [1.29, 1.82) is 0 Å². The van der Waals surface area contributed by atoms with Crippen LogP contribution in [-0.2, 0) is 103 Å². The Morgan fingerprint density at radius 2 is 1.13 bits per heavy atom. The number of halogens is 6. The summed E-state index contributed by atoms with van der Waals surface area (Å²) in [5.41, 5.74) is 7.90. The molecule has 4 unspecified atom stereocenters. The molecule has 12 nitrogen and oxygen atoms in total. The second kappa shape index (κ2) is 43.1. The summed E-state index contributed by atoms with van der Waals surface area (Å²) in [5.74, 6) is 6.02. The van der Waals surface area contributed by atoms with Crippen LogP contribution in [0.15, 0.2) is 179 Å². The molecule has 2 aliphatic rings. The number of fused-ring (bicyclic) bond motifs is 3. The number of rotatable bonds is 19. The quantitative estimate of drug-likeness (QED) is 0.0582. The van der Waals surface area contributed by atoms with Crippen LogP contribution >= 0.6 is 11.8 Å². The molecular formula is C85H102F6Ir2N7O5PdRhS-3. The van der Waals surface area contributed by atoms with Crippen LogP contribution < -0.4 is 9.72 Å². The first kappa shape index (κ1) is 96.1. The molecule has 2 aliphatic heterocycles. The molecule has 9 aromatic rings. The predicted molar refractivity (Wildman–Crippen MR) is 409 cm³/mol. The van der Waals surface area contributed by atoms with Crippen molar-refractivity contribution in [2.45, 2.75) is 209 Å². The number of alkyl halides is 6. The molecule has 0 saturated carbocycles. The summed E-state index contributed by atoms with van der Waals surface area (Å²) in [6.45, 7) is 37.2. The van der Waals surface area contributed by atoms with Gasteiger partial charge in [0.25, 0.3) is 5.60 Å². The zero-order valence-electron chi connectivity index (χ0n) is 64.4. The number of phenolic OH excluding ortho intramolecular Hbond substituents is 1. The van der Waals surface area contributed by atoms with E-state index in [1.165, 1.54) is 46.4 Å². The van der Waals surface area contributed by atoms with Crippen molar-refractivity contribution < 1.29 is 131 Å². The van der Waals surface area contributed by atoms with Crippen LogP contribution in [-0.4, -0.2) is 48.3 Å². The number of aliphatic hydroxyl groups is 1. The topological polar surface area (TPSA) is 174 Å². The maximum Gasteiger partial charge on any atom is 0.432 e. The number of aromatic hydroxyl groups is 1. The average Bonchev–Trinajstić information content (AvgIpc) is 0.997. The Kier molecular flexibility index (Phi) is 38.3. The summed E-state index contributed by atoms with van der Waals surface area (Å²) in [7, 11) is 0. The van der Waals surface area contributed by atoms with Gasteiger partial charge in [0.05, 0.1) is 17.1 Å². The molecule has 108 heavy (non-hydrogen) atoms. The second-order valence-corrected chi connectivity index (χ2v) is 31.1. The fourth-order valence-electron chi connectivity index (χ4n) is 12.1. The molecule has 0 saturated heterocycles. The predicted octanol–water partition coefficient (Wildman–Crippen LogP) is 25.0. The Bertz CT molecular complexity index is 4160. The van der Waals surface area contributed by atoms with Gasteiger partial charge in [-0.2, -0.15) is 37.7 Å². The Morgan fingerprint density at radius 1 is 0.583 bits per heavy atom. The number of hydrogen-bond acceptors (Lipinski definition) is 10. The van der Waals surface area contributed by atoms with Crippen molar-refractivity contribution in [1.82, 2.24) is 24.9 Å². The number of aromatic nitrogens is 5. The van der Waals surface area contributed by atoms with E-state index in [4.69, 9.17) is 19.6 Å². The number of phenols is 1. The van der Waals surface area contributed by atoms with E-state index in [2.05, 4.69) is 182 Å². The minimum atomic E-state index is -5.89. The van der Waals surface area contributed by atoms with Crippen molar-refractivity contribution in [2.75, 3.05) is 0 Å². The molecule has 0 bridgehead atoms. The number of pyridine rings is 3. The summed E-state index contributed by atoms with van der Waals surface area (Å²) in [5, 5.41) is 29.7. The van der Waals surface area contributed by atoms with Gasteiger partial charge in [-0.1, -0.05) is 196 Å². The molecule has 595 valence electrons. The standard InChI is InChI=1S/C24H31NO2.C19H21N2O.C19H21N2S.C15H24NO.C8H5F6NO.2Ir.Pd.Rh/c1-6-16(4)19-12-21(24-23(13-19)27-14-25-24)20-11-18(9-10-22(20)26)17(5)8-7-15(2)3;2*1-4-16(13(2)3)14-8-9-17-18(11-14)22-19(21-17)12-15-7-5-6-10-20-15;1-14(2,3)10-12-8-7-11(16-12)9-13(17)15(4,5)6;9-7(10,11)6(16,8(12,13)14)5-3-1-2-4-15-5;;;;/h9-17,26H,6-8H2,1-5H3;2*5-13,16H,4H2,1-3H3;7-8H,9-10H2,1-6H3;1-4,16H;;;;/q;3*-1;;;;;. The van der Waals surface area contributed by atoms with Gasteiger partial charge in [0.2, 0.25) is 0 Å². The van der Waals surface area contributed by atoms with Crippen molar-refractivity contribution >= 4 is 52.2 Å². The van der Waals surface area contributed by atoms with Crippen LogP contribution in [0, 0.1) is 28.6 Å². The van der Waals surface area contributed by atoms with E-state index >= 15 is 0 Å². The zero-order chi connectivity index (χ0) is 76.5. The Balaban J connectivity index is 0.000000351. The minimum absolute atomic E-state index is 0. The van der Waals surface area contributed by atoms with Crippen LogP contribution in [0.4, 0.5) is 37.7 Å². The molecule has 5 aromatic heterocycles. The maximum absolute atomic E-state index is 12.3. The van der Waals surface area contributed by atoms with E-state index in [1.54, 1.807) is 18.0 Å². The third-order valence-corrected chi connectivity index (χ3v) is 19.3. The summed E-state index contributed by atoms with van der Waals surface area (Å²) in [4.78, 5) is 33.6. The number of carbonyl (C=O) groups is 1. The second-order valence-electron chi connectivity index (χ2n) is 30.0. The number of Topliss-reactive ketones (excluding diaryl/α,β-unsaturated/α-hetero) is 1. The molecular weight excluding hydrogens is 1940 g/mol. The smallest absolute Gasteiger partial charge is 0.432 e. The molecule has 11 rings (SSSR count).